The van der Waals surface area contributed by atoms with Crippen molar-refractivity contribution in [1.82, 2.24) is 10.6 Å². The molecule has 2 amide bonds. The zero-order valence-electron chi connectivity index (χ0n) is 12.6. The molecule has 0 aromatic heterocycles. The Kier molecular flexibility index (Phi) is 5.49. The van der Waals surface area contributed by atoms with Gasteiger partial charge in [0.1, 0.15) is 6.04 Å². The highest BCUT2D eigenvalue weighted by molar-refractivity contribution is 6.32. The van der Waals surface area contributed by atoms with Crippen molar-refractivity contribution in [3.63, 3.8) is 0 Å². The third-order valence-corrected chi connectivity index (χ3v) is 3.82. The van der Waals surface area contributed by atoms with Gasteiger partial charge in [0, 0.05) is 12.1 Å². The van der Waals surface area contributed by atoms with Gasteiger partial charge in [-0.05, 0) is 31.4 Å². The van der Waals surface area contributed by atoms with Crippen molar-refractivity contribution < 1.29 is 19.1 Å². The average Bonchev–Trinajstić information content (AvgIpc) is 2.71. The molecule has 1 saturated heterocycles. The fourth-order valence-electron chi connectivity index (χ4n) is 2.37. The number of benzene rings is 1. The molecule has 0 bridgehead atoms. The lowest BCUT2D eigenvalue weighted by atomic mass is 10.1. The van der Waals surface area contributed by atoms with E-state index in [0.717, 1.165) is 12.8 Å². The number of ether oxygens (including phenoxy) is 2. The third-order valence-electron chi connectivity index (χ3n) is 3.54. The number of halogens is 1. The molecule has 22 heavy (non-hydrogen) atoms. The minimum atomic E-state index is -0.526. The Morgan fingerprint density at radius 3 is 2.77 bits per heavy atom. The van der Waals surface area contributed by atoms with Crippen LogP contribution in [0.25, 0.3) is 0 Å². The summed E-state index contributed by atoms with van der Waals surface area (Å²) >= 11 is 6.09. The molecule has 1 aromatic carbocycles. The third kappa shape index (κ3) is 3.62. The van der Waals surface area contributed by atoms with Gasteiger partial charge in [0.25, 0.3) is 5.91 Å². The Hall–Kier alpha value is -1.95. The van der Waals surface area contributed by atoms with E-state index in [1.165, 1.54) is 26.4 Å². The van der Waals surface area contributed by atoms with Crippen molar-refractivity contribution in [2.24, 2.45) is 0 Å². The second-order valence-corrected chi connectivity index (χ2v) is 5.41. The molecule has 1 fully saturated rings. The number of hydrogen-bond acceptors (Lipinski definition) is 4. The highest BCUT2D eigenvalue weighted by Crippen LogP contribution is 2.36. The molecule has 2 N–H and O–H groups in total. The van der Waals surface area contributed by atoms with Crippen molar-refractivity contribution in [2.75, 3.05) is 20.8 Å². The standard InChI is InChI=1S/C15H19ClN2O4/c1-21-12-8-9(7-10(16)13(12)22-2)14(19)18-11-5-3-4-6-17-15(11)20/h7-8,11H,3-6H2,1-2H3,(H,17,20)(H,18,19)/t11-/m0/s1. The first-order valence-corrected chi connectivity index (χ1v) is 7.44. The van der Waals surface area contributed by atoms with Gasteiger partial charge in [0.15, 0.2) is 11.5 Å². The molecule has 1 aliphatic heterocycles. The van der Waals surface area contributed by atoms with E-state index < -0.39 is 6.04 Å². The van der Waals surface area contributed by atoms with Crippen LogP contribution < -0.4 is 20.1 Å². The maximum atomic E-state index is 12.3. The summed E-state index contributed by atoms with van der Waals surface area (Å²) in [4.78, 5) is 24.2. The predicted octanol–water partition coefficient (Wildman–Crippen LogP) is 1.76. The van der Waals surface area contributed by atoms with Crippen LogP contribution in [0.15, 0.2) is 12.1 Å². The Labute approximate surface area is 134 Å². The minimum absolute atomic E-state index is 0.155. The normalized spacial score (nSPS) is 18.1. The van der Waals surface area contributed by atoms with Crippen molar-refractivity contribution in [2.45, 2.75) is 25.3 Å². The second-order valence-electron chi connectivity index (χ2n) is 5.01. The monoisotopic (exact) mass is 326 g/mol. The molecule has 0 aliphatic carbocycles. The van der Waals surface area contributed by atoms with E-state index in [1.54, 1.807) is 0 Å². The van der Waals surface area contributed by atoms with Crippen LogP contribution in [-0.4, -0.2) is 38.6 Å². The Morgan fingerprint density at radius 2 is 2.09 bits per heavy atom. The van der Waals surface area contributed by atoms with Crippen LogP contribution in [0.3, 0.4) is 0 Å². The summed E-state index contributed by atoms with van der Waals surface area (Å²) < 4.78 is 10.3. The maximum Gasteiger partial charge on any atom is 0.252 e. The maximum absolute atomic E-state index is 12.3. The molecule has 1 heterocycles. The molecule has 7 heteroatoms. The number of nitrogens with one attached hydrogen (secondary N) is 2. The first kappa shape index (κ1) is 16.4. The topological polar surface area (TPSA) is 76.7 Å². The lowest BCUT2D eigenvalue weighted by Crippen LogP contribution is -2.45. The number of carbonyl (C=O) groups excluding carboxylic acids is 2. The van der Waals surface area contributed by atoms with Gasteiger partial charge in [-0.25, -0.2) is 0 Å². The average molecular weight is 327 g/mol. The summed E-state index contributed by atoms with van der Waals surface area (Å²) in [7, 11) is 2.94. The lowest BCUT2D eigenvalue weighted by molar-refractivity contribution is -0.122. The van der Waals surface area contributed by atoms with Gasteiger partial charge in [0.05, 0.1) is 19.2 Å². The Morgan fingerprint density at radius 1 is 1.32 bits per heavy atom. The summed E-state index contributed by atoms with van der Waals surface area (Å²) in [5.41, 5.74) is 0.319. The molecule has 0 radical (unpaired) electrons. The number of methoxy groups -OCH3 is 2. The first-order chi connectivity index (χ1) is 10.6. The number of amides is 2. The molecular formula is C15H19ClN2O4. The van der Waals surface area contributed by atoms with Crippen molar-refractivity contribution in [3.8, 4) is 11.5 Å². The molecule has 120 valence electrons. The zero-order chi connectivity index (χ0) is 16.1. The van der Waals surface area contributed by atoms with Crippen LogP contribution in [0.1, 0.15) is 29.6 Å². The number of carbonyl (C=O) groups is 2. The molecule has 1 atom stereocenters. The summed E-state index contributed by atoms with van der Waals surface area (Å²) in [5, 5.41) is 5.79. The van der Waals surface area contributed by atoms with Crippen LogP contribution in [0.2, 0.25) is 5.02 Å². The van der Waals surface area contributed by atoms with Gasteiger partial charge >= 0.3 is 0 Å². The summed E-state index contributed by atoms with van der Waals surface area (Å²) in [6.45, 7) is 0.646. The summed E-state index contributed by atoms with van der Waals surface area (Å²) in [6, 6.07) is 2.50. The van der Waals surface area contributed by atoms with Crippen LogP contribution in [0.5, 0.6) is 11.5 Å². The fraction of sp³-hybridized carbons (Fsp3) is 0.467. The highest BCUT2D eigenvalue weighted by Gasteiger charge is 2.24. The number of hydrogen-bond donors (Lipinski definition) is 2. The molecular weight excluding hydrogens is 308 g/mol. The van der Waals surface area contributed by atoms with Gasteiger partial charge in [-0.2, -0.15) is 0 Å². The smallest absolute Gasteiger partial charge is 0.252 e. The fourth-order valence-corrected chi connectivity index (χ4v) is 2.66. The SMILES string of the molecule is COc1cc(C(=O)N[C@H]2CCCCNC2=O)cc(Cl)c1OC. The molecule has 2 rings (SSSR count). The van der Waals surface area contributed by atoms with Crippen LogP contribution >= 0.6 is 11.6 Å². The molecule has 0 saturated carbocycles. The van der Waals surface area contributed by atoms with E-state index in [1.807, 2.05) is 0 Å². The minimum Gasteiger partial charge on any atom is -0.493 e. The number of rotatable bonds is 4. The lowest BCUT2D eigenvalue weighted by Gasteiger charge is -2.16. The molecule has 1 aliphatic rings. The molecule has 1 aromatic rings. The first-order valence-electron chi connectivity index (χ1n) is 7.07. The molecule has 6 nitrogen and oxygen atoms in total. The van der Waals surface area contributed by atoms with E-state index in [9.17, 15) is 9.59 Å². The summed E-state index contributed by atoms with van der Waals surface area (Å²) in [5.74, 6) is 0.209. The van der Waals surface area contributed by atoms with Crippen molar-refractivity contribution in [1.29, 1.82) is 0 Å². The quantitative estimate of drug-likeness (QED) is 0.884. The van der Waals surface area contributed by atoms with Crippen LogP contribution in [0.4, 0.5) is 0 Å². The van der Waals surface area contributed by atoms with Gasteiger partial charge in [-0.15, -0.1) is 0 Å². The van der Waals surface area contributed by atoms with Crippen molar-refractivity contribution in [3.05, 3.63) is 22.7 Å². The van der Waals surface area contributed by atoms with Gasteiger partial charge < -0.3 is 20.1 Å². The van der Waals surface area contributed by atoms with E-state index in [2.05, 4.69) is 10.6 Å². The molecule has 0 spiro atoms. The van der Waals surface area contributed by atoms with E-state index in [-0.39, 0.29) is 16.8 Å². The second kappa shape index (κ2) is 7.35. The van der Waals surface area contributed by atoms with Gasteiger partial charge in [-0.1, -0.05) is 11.6 Å². The van der Waals surface area contributed by atoms with Crippen LogP contribution in [0, 0.1) is 0 Å². The zero-order valence-corrected chi connectivity index (χ0v) is 13.3. The van der Waals surface area contributed by atoms with E-state index >= 15 is 0 Å². The van der Waals surface area contributed by atoms with Crippen LogP contribution in [-0.2, 0) is 4.79 Å². The Bertz CT molecular complexity index is 577. The predicted molar refractivity (Wildman–Crippen MR) is 82.7 cm³/mol. The Balaban J connectivity index is 2.18. The van der Waals surface area contributed by atoms with E-state index in [0.29, 0.717) is 30.0 Å². The summed E-state index contributed by atoms with van der Waals surface area (Å²) in [6.07, 6.45) is 2.43. The van der Waals surface area contributed by atoms with Crippen molar-refractivity contribution >= 4 is 23.4 Å². The van der Waals surface area contributed by atoms with Gasteiger partial charge in [-0.3, -0.25) is 9.59 Å². The van der Waals surface area contributed by atoms with Gasteiger partial charge in [0.2, 0.25) is 5.91 Å². The van der Waals surface area contributed by atoms with E-state index in [4.69, 9.17) is 21.1 Å². The highest BCUT2D eigenvalue weighted by atomic mass is 35.5. The largest absolute Gasteiger partial charge is 0.493 e. The molecule has 0 unspecified atom stereocenters.